The van der Waals surface area contributed by atoms with Gasteiger partial charge in [0.2, 0.25) is 0 Å². The predicted octanol–water partition coefficient (Wildman–Crippen LogP) is 1.93. The molecular formula is C15H31N3. The third-order valence-corrected chi connectivity index (χ3v) is 5.00. The van der Waals surface area contributed by atoms with Crippen molar-refractivity contribution in [3.05, 3.63) is 0 Å². The van der Waals surface area contributed by atoms with E-state index in [0.29, 0.717) is 5.54 Å². The molecule has 3 nitrogen and oxygen atoms in total. The van der Waals surface area contributed by atoms with Crippen LogP contribution in [0, 0.1) is 0 Å². The van der Waals surface area contributed by atoms with E-state index in [2.05, 4.69) is 36.0 Å². The maximum absolute atomic E-state index is 3.44. The van der Waals surface area contributed by atoms with Crippen LogP contribution in [0.5, 0.6) is 0 Å². The lowest BCUT2D eigenvalue weighted by Gasteiger charge is -2.42. The van der Waals surface area contributed by atoms with Crippen LogP contribution >= 0.6 is 0 Å². The van der Waals surface area contributed by atoms with E-state index in [9.17, 15) is 0 Å². The molecule has 3 heteroatoms. The van der Waals surface area contributed by atoms with Gasteiger partial charge in [-0.3, -0.25) is 4.90 Å². The van der Waals surface area contributed by atoms with E-state index in [0.717, 1.165) is 19.1 Å². The van der Waals surface area contributed by atoms with Crippen molar-refractivity contribution in [3.8, 4) is 0 Å². The van der Waals surface area contributed by atoms with Crippen LogP contribution < -0.4 is 5.32 Å². The fourth-order valence-corrected chi connectivity index (χ4v) is 3.41. The Morgan fingerprint density at radius 2 is 1.78 bits per heavy atom. The van der Waals surface area contributed by atoms with Gasteiger partial charge in [0.05, 0.1) is 0 Å². The zero-order valence-electron chi connectivity index (χ0n) is 12.5. The highest BCUT2D eigenvalue weighted by atomic mass is 15.2. The van der Waals surface area contributed by atoms with Crippen LogP contribution in [0.25, 0.3) is 0 Å². The van der Waals surface area contributed by atoms with Crippen LogP contribution in [0.3, 0.4) is 0 Å². The molecule has 0 aromatic rings. The van der Waals surface area contributed by atoms with E-state index in [1.54, 1.807) is 0 Å². The molecule has 0 spiro atoms. The monoisotopic (exact) mass is 253 g/mol. The van der Waals surface area contributed by atoms with Gasteiger partial charge < -0.3 is 10.2 Å². The summed E-state index contributed by atoms with van der Waals surface area (Å²) in [7, 11) is 2.32. The van der Waals surface area contributed by atoms with Gasteiger partial charge in [0.1, 0.15) is 0 Å². The molecule has 2 aliphatic rings. The highest BCUT2D eigenvalue weighted by Gasteiger charge is 2.29. The third kappa shape index (κ3) is 3.69. The molecule has 1 N–H and O–H groups in total. The SMILES string of the molecule is CN(CCC(C)(C)N1CCNCC1)C1CCCC1. The zero-order valence-corrected chi connectivity index (χ0v) is 12.5. The smallest absolute Gasteiger partial charge is 0.0166 e. The summed E-state index contributed by atoms with van der Waals surface area (Å²) in [5, 5.41) is 3.44. The number of piperazine rings is 1. The molecule has 1 saturated carbocycles. The Hall–Kier alpha value is -0.120. The standard InChI is InChI=1S/C15H31N3/c1-15(2,18-12-9-16-10-13-18)8-11-17(3)14-6-4-5-7-14/h14,16H,4-13H2,1-3H3. The molecule has 1 aliphatic carbocycles. The average molecular weight is 253 g/mol. The minimum atomic E-state index is 0.356. The van der Waals surface area contributed by atoms with E-state index in [-0.39, 0.29) is 0 Å². The highest BCUT2D eigenvalue weighted by Crippen LogP contribution is 2.25. The Morgan fingerprint density at radius 3 is 2.39 bits per heavy atom. The van der Waals surface area contributed by atoms with Gasteiger partial charge in [-0.05, 0) is 46.7 Å². The van der Waals surface area contributed by atoms with Crippen molar-refractivity contribution < 1.29 is 0 Å². The summed E-state index contributed by atoms with van der Waals surface area (Å²) in [5.74, 6) is 0. The van der Waals surface area contributed by atoms with E-state index in [1.165, 1.54) is 51.7 Å². The molecule has 0 radical (unpaired) electrons. The van der Waals surface area contributed by atoms with Crippen LogP contribution in [0.4, 0.5) is 0 Å². The molecular weight excluding hydrogens is 222 g/mol. The number of rotatable bonds is 5. The van der Waals surface area contributed by atoms with Gasteiger partial charge in [0.25, 0.3) is 0 Å². The lowest BCUT2D eigenvalue weighted by Crippen LogP contribution is -2.54. The van der Waals surface area contributed by atoms with Crippen molar-refractivity contribution in [1.29, 1.82) is 0 Å². The Kier molecular flexibility index (Phi) is 5.05. The summed E-state index contributed by atoms with van der Waals surface area (Å²) in [6.45, 7) is 10.8. The molecule has 2 fully saturated rings. The highest BCUT2D eigenvalue weighted by molar-refractivity contribution is 4.86. The molecule has 1 heterocycles. The first-order chi connectivity index (χ1) is 8.59. The molecule has 1 saturated heterocycles. The normalized spacial score (nSPS) is 24.0. The molecule has 2 rings (SSSR count). The first-order valence-electron chi connectivity index (χ1n) is 7.75. The van der Waals surface area contributed by atoms with Crippen molar-refractivity contribution >= 4 is 0 Å². The van der Waals surface area contributed by atoms with Gasteiger partial charge in [-0.1, -0.05) is 12.8 Å². The summed E-state index contributed by atoms with van der Waals surface area (Å²) >= 11 is 0. The van der Waals surface area contributed by atoms with Crippen LogP contribution in [0.1, 0.15) is 46.0 Å². The van der Waals surface area contributed by atoms with E-state index < -0.39 is 0 Å². The average Bonchev–Trinajstić information content (AvgIpc) is 2.91. The number of nitrogens with zero attached hydrogens (tertiary/aromatic N) is 2. The van der Waals surface area contributed by atoms with Crippen molar-refractivity contribution in [3.63, 3.8) is 0 Å². The van der Waals surface area contributed by atoms with Gasteiger partial charge in [-0.2, -0.15) is 0 Å². The second-order valence-electron chi connectivity index (χ2n) is 6.72. The van der Waals surface area contributed by atoms with Crippen molar-refractivity contribution in [2.45, 2.75) is 57.5 Å². The lowest BCUT2D eigenvalue weighted by molar-refractivity contribution is 0.0810. The first-order valence-corrected chi connectivity index (χ1v) is 7.75. The summed E-state index contributed by atoms with van der Waals surface area (Å²) in [4.78, 5) is 5.27. The van der Waals surface area contributed by atoms with Crippen molar-refractivity contribution in [1.82, 2.24) is 15.1 Å². The maximum Gasteiger partial charge on any atom is 0.0166 e. The number of hydrogen-bond donors (Lipinski definition) is 1. The second kappa shape index (κ2) is 6.36. The number of hydrogen-bond acceptors (Lipinski definition) is 3. The Labute approximate surface area is 113 Å². The van der Waals surface area contributed by atoms with Gasteiger partial charge in [0, 0.05) is 37.8 Å². The van der Waals surface area contributed by atoms with Crippen molar-refractivity contribution in [2.24, 2.45) is 0 Å². The van der Waals surface area contributed by atoms with Gasteiger partial charge in [-0.15, -0.1) is 0 Å². The largest absolute Gasteiger partial charge is 0.314 e. The lowest BCUT2D eigenvalue weighted by atomic mass is 9.96. The molecule has 0 aromatic carbocycles. The summed E-state index contributed by atoms with van der Waals surface area (Å²) in [5.41, 5.74) is 0.356. The minimum absolute atomic E-state index is 0.356. The molecule has 1 aliphatic heterocycles. The molecule has 0 unspecified atom stereocenters. The molecule has 0 atom stereocenters. The van der Waals surface area contributed by atoms with E-state index in [1.807, 2.05) is 0 Å². The molecule has 0 bridgehead atoms. The predicted molar refractivity (Wildman–Crippen MR) is 78.0 cm³/mol. The van der Waals surface area contributed by atoms with Crippen LogP contribution in [-0.4, -0.2) is 61.2 Å². The Morgan fingerprint density at radius 1 is 1.17 bits per heavy atom. The van der Waals surface area contributed by atoms with Crippen LogP contribution in [0.2, 0.25) is 0 Å². The summed E-state index contributed by atoms with van der Waals surface area (Å²) < 4.78 is 0. The van der Waals surface area contributed by atoms with E-state index in [4.69, 9.17) is 0 Å². The molecule has 0 amide bonds. The first kappa shape index (κ1) is 14.3. The zero-order chi connectivity index (χ0) is 13.0. The van der Waals surface area contributed by atoms with Gasteiger partial charge in [-0.25, -0.2) is 0 Å². The summed E-state index contributed by atoms with van der Waals surface area (Å²) in [6, 6.07) is 0.865. The van der Waals surface area contributed by atoms with Crippen LogP contribution in [-0.2, 0) is 0 Å². The van der Waals surface area contributed by atoms with Gasteiger partial charge in [0.15, 0.2) is 0 Å². The molecule has 0 aromatic heterocycles. The molecule has 18 heavy (non-hydrogen) atoms. The topological polar surface area (TPSA) is 18.5 Å². The Bertz CT molecular complexity index is 240. The number of nitrogens with one attached hydrogen (secondary N) is 1. The summed E-state index contributed by atoms with van der Waals surface area (Å²) in [6.07, 6.45) is 7.02. The molecule has 106 valence electrons. The minimum Gasteiger partial charge on any atom is -0.314 e. The third-order valence-electron chi connectivity index (χ3n) is 5.00. The second-order valence-corrected chi connectivity index (χ2v) is 6.72. The fraction of sp³-hybridized carbons (Fsp3) is 1.00. The maximum atomic E-state index is 3.44. The van der Waals surface area contributed by atoms with Crippen molar-refractivity contribution in [2.75, 3.05) is 39.8 Å². The quantitative estimate of drug-likeness (QED) is 0.808. The van der Waals surface area contributed by atoms with Gasteiger partial charge >= 0.3 is 0 Å². The fourth-order valence-electron chi connectivity index (χ4n) is 3.41. The van der Waals surface area contributed by atoms with E-state index >= 15 is 0 Å². The Balaban J connectivity index is 1.76. The van der Waals surface area contributed by atoms with Crippen LogP contribution in [0.15, 0.2) is 0 Å².